The lowest BCUT2D eigenvalue weighted by Gasteiger charge is -2.30. The van der Waals surface area contributed by atoms with E-state index in [9.17, 15) is 0 Å². The molecular weight excluding hydrogens is 136 g/mol. The molecule has 2 heteroatoms. The van der Waals surface area contributed by atoms with Crippen molar-refractivity contribution in [2.45, 2.75) is 13.8 Å². The number of hydrogen-bond acceptors (Lipinski definition) is 2. The van der Waals surface area contributed by atoms with E-state index in [1.807, 2.05) is 0 Å². The molecule has 1 rings (SSSR count). The van der Waals surface area contributed by atoms with Crippen LogP contribution in [0.25, 0.3) is 0 Å². The van der Waals surface area contributed by atoms with Gasteiger partial charge in [0.1, 0.15) is 0 Å². The maximum atomic E-state index is 3.92. The van der Waals surface area contributed by atoms with Crippen LogP contribution in [0.4, 0.5) is 0 Å². The number of piperazine rings is 1. The quantitative estimate of drug-likeness (QED) is 0.640. The van der Waals surface area contributed by atoms with Crippen molar-refractivity contribution in [3.8, 4) is 0 Å². The third-order valence-electron chi connectivity index (χ3n) is 1.84. The summed E-state index contributed by atoms with van der Waals surface area (Å²) in [5.74, 6) is 0.765. The van der Waals surface area contributed by atoms with Crippen LogP contribution in [0.3, 0.4) is 0 Å². The minimum Gasteiger partial charge on any atom is -0.386 e. The molecule has 0 aliphatic carbocycles. The van der Waals surface area contributed by atoms with Gasteiger partial charge < -0.3 is 5.32 Å². The molecule has 0 radical (unpaired) electrons. The van der Waals surface area contributed by atoms with Crippen molar-refractivity contribution >= 4 is 0 Å². The van der Waals surface area contributed by atoms with Crippen molar-refractivity contribution in [1.29, 1.82) is 0 Å². The molecule has 0 spiro atoms. The fourth-order valence-electron chi connectivity index (χ4n) is 1.47. The Morgan fingerprint density at radius 3 is 2.91 bits per heavy atom. The van der Waals surface area contributed by atoms with Crippen LogP contribution in [0.1, 0.15) is 13.8 Å². The van der Waals surface area contributed by atoms with Crippen LogP contribution in [0, 0.1) is 5.92 Å². The van der Waals surface area contributed by atoms with E-state index in [4.69, 9.17) is 0 Å². The molecule has 0 aromatic carbocycles. The Bertz CT molecular complexity index is 140. The normalized spacial score (nSPS) is 20.5. The molecule has 1 aliphatic rings. The van der Waals surface area contributed by atoms with Crippen molar-refractivity contribution in [3.63, 3.8) is 0 Å². The second-order valence-corrected chi connectivity index (χ2v) is 3.66. The number of rotatable bonds is 2. The lowest BCUT2D eigenvalue weighted by Crippen LogP contribution is -2.43. The molecule has 64 valence electrons. The minimum atomic E-state index is 0.765. The first kappa shape index (κ1) is 8.60. The molecule has 0 atom stereocenters. The summed E-state index contributed by atoms with van der Waals surface area (Å²) in [6, 6.07) is 0. The van der Waals surface area contributed by atoms with Gasteiger partial charge in [-0.15, -0.1) is 0 Å². The van der Waals surface area contributed by atoms with Gasteiger partial charge in [0.25, 0.3) is 0 Å². The Balaban J connectivity index is 2.28. The number of hydrogen-bond donors (Lipinski definition) is 1. The number of nitrogens with one attached hydrogen (secondary N) is 1. The lowest BCUT2D eigenvalue weighted by atomic mass is 10.2. The second-order valence-electron chi connectivity index (χ2n) is 3.66. The standard InChI is InChI=1S/C9H18N2/c1-8(2)6-11-5-4-10-9(3)7-11/h8,10H,3-7H2,1-2H3. The molecule has 1 saturated heterocycles. The molecule has 0 amide bonds. The molecule has 0 aromatic heterocycles. The summed E-state index contributed by atoms with van der Waals surface area (Å²) in [4.78, 5) is 2.45. The zero-order chi connectivity index (χ0) is 8.27. The van der Waals surface area contributed by atoms with Gasteiger partial charge in [0.15, 0.2) is 0 Å². The van der Waals surface area contributed by atoms with Crippen LogP contribution in [-0.2, 0) is 0 Å². The zero-order valence-electron chi connectivity index (χ0n) is 7.56. The van der Waals surface area contributed by atoms with Crippen LogP contribution in [-0.4, -0.2) is 31.1 Å². The Morgan fingerprint density at radius 1 is 1.64 bits per heavy atom. The minimum absolute atomic E-state index is 0.765. The molecule has 1 heterocycles. The van der Waals surface area contributed by atoms with Crippen molar-refractivity contribution in [1.82, 2.24) is 10.2 Å². The number of nitrogens with zero attached hydrogens (tertiary/aromatic N) is 1. The predicted molar refractivity (Wildman–Crippen MR) is 48.4 cm³/mol. The highest BCUT2D eigenvalue weighted by Gasteiger charge is 2.12. The van der Waals surface area contributed by atoms with Crippen molar-refractivity contribution < 1.29 is 0 Å². The summed E-state index contributed by atoms with van der Waals surface area (Å²) in [6.45, 7) is 12.9. The van der Waals surface area contributed by atoms with Gasteiger partial charge in [-0.25, -0.2) is 0 Å². The Morgan fingerprint density at radius 2 is 2.36 bits per heavy atom. The maximum absolute atomic E-state index is 3.92. The molecule has 0 unspecified atom stereocenters. The van der Waals surface area contributed by atoms with Gasteiger partial charge in [0.2, 0.25) is 0 Å². The van der Waals surface area contributed by atoms with E-state index in [0.717, 1.165) is 31.2 Å². The van der Waals surface area contributed by atoms with E-state index in [1.165, 1.54) is 6.54 Å². The van der Waals surface area contributed by atoms with Crippen molar-refractivity contribution in [2.75, 3.05) is 26.2 Å². The van der Waals surface area contributed by atoms with Gasteiger partial charge in [0, 0.05) is 31.9 Å². The molecule has 0 bridgehead atoms. The fourth-order valence-corrected chi connectivity index (χ4v) is 1.47. The van der Waals surface area contributed by atoms with Crippen molar-refractivity contribution in [3.05, 3.63) is 12.3 Å². The summed E-state index contributed by atoms with van der Waals surface area (Å²) < 4.78 is 0. The van der Waals surface area contributed by atoms with Gasteiger partial charge in [-0.1, -0.05) is 20.4 Å². The second kappa shape index (κ2) is 3.77. The Labute approximate surface area is 69.3 Å². The average molecular weight is 154 g/mol. The van der Waals surface area contributed by atoms with E-state index in [2.05, 4.69) is 30.6 Å². The average Bonchev–Trinajstić information content (AvgIpc) is 1.85. The molecular formula is C9H18N2. The topological polar surface area (TPSA) is 15.3 Å². The predicted octanol–water partition coefficient (Wildman–Crippen LogP) is 1.06. The first-order valence-corrected chi connectivity index (χ1v) is 4.32. The molecule has 2 nitrogen and oxygen atoms in total. The highest BCUT2D eigenvalue weighted by atomic mass is 15.2. The van der Waals surface area contributed by atoms with E-state index in [1.54, 1.807) is 0 Å². The van der Waals surface area contributed by atoms with E-state index < -0.39 is 0 Å². The molecule has 11 heavy (non-hydrogen) atoms. The van der Waals surface area contributed by atoms with E-state index in [0.29, 0.717) is 0 Å². The summed E-state index contributed by atoms with van der Waals surface area (Å²) in [5.41, 5.74) is 1.16. The van der Waals surface area contributed by atoms with Crippen molar-refractivity contribution in [2.24, 2.45) is 5.92 Å². The molecule has 0 saturated carbocycles. The van der Waals surface area contributed by atoms with E-state index >= 15 is 0 Å². The van der Waals surface area contributed by atoms with Crippen LogP contribution < -0.4 is 5.32 Å². The zero-order valence-corrected chi connectivity index (χ0v) is 7.56. The third-order valence-corrected chi connectivity index (χ3v) is 1.84. The van der Waals surface area contributed by atoms with Gasteiger partial charge in [0.05, 0.1) is 0 Å². The van der Waals surface area contributed by atoms with Gasteiger partial charge in [-0.2, -0.15) is 0 Å². The van der Waals surface area contributed by atoms with Crippen LogP contribution in [0.5, 0.6) is 0 Å². The molecule has 1 N–H and O–H groups in total. The monoisotopic (exact) mass is 154 g/mol. The summed E-state index contributed by atoms with van der Waals surface area (Å²) in [5, 5.41) is 3.25. The summed E-state index contributed by atoms with van der Waals surface area (Å²) in [6.07, 6.45) is 0. The van der Waals surface area contributed by atoms with Gasteiger partial charge in [-0.3, -0.25) is 4.90 Å². The fraction of sp³-hybridized carbons (Fsp3) is 0.778. The maximum Gasteiger partial charge on any atom is 0.0376 e. The first-order valence-electron chi connectivity index (χ1n) is 4.32. The highest BCUT2D eigenvalue weighted by molar-refractivity contribution is 4.98. The Hall–Kier alpha value is -0.500. The summed E-state index contributed by atoms with van der Waals surface area (Å²) in [7, 11) is 0. The molecule has 0 aromatic rings. The molecule has 1 fully saturated rings. The van der Waals surface area contributed by atoms with Crippen LogP contribution >= 0.6 is 0 Å². The van der Waals surface area contributed by atoms with Crippen LogP contribution in [0.2, 0.25) is 0 Å². The van der Waals surface area contributed by atoms with E-state index in [-0.39, 0.29) is 0 Å². The highest BCUT2D eigenvalue weighted by Crippen LogP contribution is 2.03. The lowest BCUT2D eigenvalue weighted by molar-refractivity contribution is 0.240. The summed E-state index contributed by atoms with van der Waals surface area (Å²) >= 11 is 0. The largest absolute Gasteiger partial charge is 0.386 e. The van der Waals surface area contributed by atoms with Crippen LogP contribution in [0.15, 0.2) is 12.3 Å². The van der Waals surface area contributed by atoms with Gasteiger partial charge in [-0.05, 0) is 5.92 Å². The van der Waals surface area contributed by atoms with Gasteiger partial charge >= 0.3 is 0 Å². The Kier molecular flexibility index (Phi) is 2.94. The first-order chi connectivity index (χ1) is 5.18. The SMILES string of the molecule is C=C1CN(CC(C)C)CCN1. The molecule has 1 aliphatic heterocycles. The third kappa shape index (κ3) is 2.93. The smallest absolute Gasteiger partial charge is 0.0376 e.